The second-order valence-corrected chi connectivity index (χ2v) is 7.76. The highest BCUT2D eigenvalue weighted by Gasteiger charge is 2.27. The summed E-state index contributed by atoms with van der Waals surface area (Å²) in [5, 5.41) is 6.52. The van der Waals surface area contributed by atoms with Gasteiger partial charge in [0.05, 0.1) is 13.2 Å². The molecule has 6 nitrogen and oxygen atoms in total. The van der Waals surface area contributed by atoms with Crippen molar-refractivity contribution in [3.63, 3.8) is 0 Å². The zero-order valence-electron chi connectivity index (χ0n) is 18.7. The van der Waals surface area contributed by atoms with Crippen LogP contribution >= 0.6 is 0 Å². The number of methoxy groups -OCH3 is 1. The van der Waals surface area contributed by atoms with Crippen molar-refractivity contribution in [3.05, 3.63) is 59.2 Å². The van der Waals surface area contributed by atoms with Gasteiger partial charge >= 0.3 is 6.61 Å². The number of nitrogens with one attached hydrogen (secondary N) is 2. The van der Waals surface area contributed by atoms with Gasteiger partial charge in [-0.3, -0.25) is 4.99 Å². The number of halogens is 2. The summed E-state index contributed by atoms with van der Waals surface area (Å²) in [6.07, 6.45) is 2.09. The van der Waals surface area contributed by atoms with Crippen LogP contribution in [0, 0.1) is 12.8 Å². The lowest BCUT2D eigenvalue weighted by molar-refractivity contribution is -0.0505. The molecule has 0 bridgehead atoms. The van der Waals surface area contributed by atoms with Crippen molar-refractivity contribution >= 4 is 5.96 Å². The molecule has 174 valence electrons. The molecule has 1 aliphatic heterocycles. The first-order chi connectivity index (χ1) is 15.5. The van der Waals surface area contributed by atoms with Crippen LogP contribution in [0.2, 0.25) is 0 Å². The Kier molecular flexibility index (Phi) is 8.67. The first-order valence-corrected chi connectivity index (χ1v) is 10.7. The SMILES string of the molecule is CN=C(NCc1cc(OC)ccc1OC(F)F)NCC1CCCOC1c1ccc(C)cc1. The van der Waals surface area contributed by atoms with Crippen LogP contribution in [0.15, 0.2) is 47.5 Å². The van der Waals surface area contributed by atoms with Crippen molar-refractivity contribution in [2.75, 3.05) is 27.3 Å². The minimum absolute atomic E-state index is 0.0272. The molecule has 2 atom stereocenters. The van der Waals surface area contributed by atoms with Gasteiger partial charge in [-0.15, -0.1) is 0 Å². The molecular formula is C24H31F2N3O3. The maximum absolute atomic E-state index is 12.8. The summed E-state index contributed by atoms with van der Waals surface area (Å²) in [7, 11) is 3.20. The number of aliphatic imine (C=N–C) groups is 1. The summed E-state index contributed by atoms with van der Waals surface area (Å²) in [5.41, 5.74) is 2.94. The summed E-state index contributed by atoms with van der Waals surface area (Å²) in [6, 6.07) is 13.2. The molecule has 1 heterocycles. The van der Waals surface area contributed by atoms with Crippen LogP contribution in [-0.4, -0.2) is 39.9 Å². The van der Waals surface area contributed by atoms with Crippen molar-refractivity contribution in [1.29, 1.82) is 0 Å². The summed E-state index contributed by atoms with van der Waals surface area (Å²) >= 11 is 0. The Morgan fingerprint density at radius 3 is 2.66 bits per heavy atom. The van der Waals surface area contributed by atoms with E-state index in [-0.39, 0.29) is 18.4 Å². The van der Waals surface area contributed by atoms with E-state index in [0.29, 0.717) is 29.7 Å². The lowest BCUT2D eigenvalue weighted by atomic mass is 9.89. The van der Waals surface area contributed by atoms with Crippen LogP contribution in [0.25, 0.3) is 0 Å². The van der Waals surface area contributed by atoms with Crippen LogP contribution in [-0.2, 0) is 11.3 Å². The van der Waals surface area contributed by atoms with E-state index in [1.165, 1.54) is 24.3 Å². The lowest BCUT2D eigenvalue weighted by Gasteiger charge is -2.32. The van der Waals surface area contributed by atoms with Gasteiger partial charge in [-0.05, 0) is 43.5 Å². The maximum Gasteiger partial charge on any atom is 0.387 e. The number of hydrogen-bond donors (Lipinski definition) is 2. The molecule has 3 rings (SSSR count). The topological polar surface area (TPSA) is 64.1 Å². The predicted molar refractivity (Wildman–Crippen MR) is 120 cm³/mol. The van der Waals surface area contributed by atoms with Gasteiger partial charge in [-0.2, -0.15) is 8.78 Å². The Morgan fingerprint density at radius 1 is 1.19 bits per heavy atom. The summed E-state index contributed by atoms with van der Waals surface area (Å²) in [6.45, 7) is 0.855. The highest BCUT2D eigenvalue weighted by Crippen LogP contribution is 2.33. The number of hydrogen-bond acceptors (Lipinski definition) is 4. The van der Waals surface area contributed by atoms with E-state index in [1.54, 1.807) is 19.2 Å². The third-order valence-electron chi connectivity index (χ3n) is 5.54. The fraction of sp³-hybridized carbons (Fsp3) is 0.458. The Morgan fingerprint density at radius 2 is 1.97 bits per heavy atom. The molecule has 0 amide bonds. The van der Waals surface area contributed by atoms with Crippen molar-refractivity contribution in [2.45, 2.75) is 39.0 Å². The van der Waals surface area contributed by atoms with Gasteiger partial charge in [-0.25, -0.2) is 0 Å². The summed E-state index contributed by atoms with van der Waals surface area (Å²) < 4.78 is 41.4. The summed E-state index contributed by atoms with van der Waals surface area (Å²) in [5.74, 6) is 1.53. The van der Waals surface area contributed by atoms with Crippen molar-refractivity contribution in [2.24, 2.45) is 10.9 Å². The standard InChI is InChI=1S/C24H31F2N3O3/c1-16-6-8-17(9-7-16)22-18(5-4-12-31-22)14-28-24(27-2)29-15-19-13-20(30-3)10-11-21(19)32-23(25)26/h6-11,13,18,22-23H,4-5,12,14-15H2,1-3H3,(H2,27,28,29). The lowest BCUT2D eigenvalue weighted by Crippen LogP contribution is -2.41. The van der Waals surface area contributed by atoms with Gasteiger partial charge in [0.15, 0.2) is 5.96 Å². The minimum Gasteiger partial charge on any atom is -0.497 e. The van der Waals surface area contributed by atoms with Gasteiger partial charge in [0.25, 0.3) is 0 Å². The number of alkyl halides is 2. The Balaban J connectivity index is 1.61. The van der Waals surface area contributed by atoms with Gasteiger partial charge in [0.2, 0.25) is 0 Å². The number of rotatable bonds is 8. The number of nitrogens with zero attached hydrogens (tertiary/aromatic N) is 1. The van der Waals surface area contributed by atoms with Crippen LogP contribution in [0.4, 0.5) is 8.78 Å². The van der Waals surface area contributed by atoms with E-state index in [2.05, 4.69) is 51.6 Å². The van der Waals surface area contributed by atoms with Crippen molar-refractivity contribution in [3.8, 4) is 11.5 Å². The van der Waals surface area contributed by atoms with Crippen LogP contribution < -0.4 is 20.1 Å². The third-order valence-corrected chi connectivity index (χ3v) is 5.54. The molecule has 32 heavy (non-hydrogen) atoms. The molecule has 2 aromatic carbocycles. The van der Waals surface area contributed by atoms with Crippen LogP contribution in [0.3, 0.4) is 0 Å². The monoisotopic (exact) mass is 447 g/mol. The molecule has 1 aliphatic rings. The van der Waals surface area contributed by atoms with Gasteiger partial charge in [-0.1, -0.05) is 29.8 Å². The molecule has 0 aliphatic carbocycles. The normalized spacial score (nSPS) is 19.0. The first kappa shape index (κ1) is 23.8. The first-order valence-electron chi connectivity index (χ1n) is 10.7. The molecule has 1 fully saturated rings. The van der Waals surface area contributed by atoms with Crippen LogP contribution in [0.1, 0.15) is 35.6 Å². The smallest absolute Gasteiger partial charge is 0.387 e. The third kappa shape index (κ3) is 6.56. The zero-order valence-corrected chi connectivity index (χ0v) is 18.7. The molecule has 0 radical (unpaired) electrons. The number of benzene rings is 2. The van der Waals surface area contributed by atoms with Gasteiger partial charge in [0, 0.05) is 38.2 Å². The van der Waals surface area contributed by atoms with Crippen molar-refractivity contribution in [1.82, 2.24) is 10.6 Å². The Bertz CT molecular complexity index is 891. The largest absolute Gasteiger partial charge is 0.497 e. The average Bonchev–Trinajstić information content (AvgIpc) is 2.80. The molecule has 0 aromatic heterocycles. The molecule has 1 saturated heterocycles. The fourth-order valence-corrected chi connectivity index (χ4v) is 3.84. The van der Waals surface area contributed by atoms with E-state index >= 15 is 0 Å². The van der Waals surface area contributed by atoms with E-state index in [4.69, 9.17) is 9.47 Å². The molecule has 8 heteroatoms. The Labute approximate surface area is 188 Å². The molecule has 0 spiro atoms. The number of ether oxygens (including phenoxy) is 3. The number of aryl methyl sites for hydroxylation is 1. The maximum atomic E-state index is 12.8. The Hall–Kier alpha value is -2.87. The van der Waals surface area contributed by atoms with E-state index in [9.17, 15) is 8.78 Å². The highest BCUT2D eigenvalue weighted by atomic mass is 19.3. The fourth-order valence-electron chi connectivity index (χ4n) is 3.84. The average molecular weight is 448 g/mol. The number of guanidine groups is 1. The van der Waals surface area contributed by atoms with E-state index in [1.807, 2.05) is 0 Å². The molecule has 0 saturated carbocycles. The molecule has 2 N–H and O–H groups in total. The predicted octanol–water partition coefficient (Wildman–Crippen LogP) is 4.44. The molecular weight excluding hydrogens is 416 g/mol. The van der Waals surface area contributed by atoms with E-state index in [0.717, 1.165) is 19.4 Å². The minimum atomic E-state index is -2.90. The van der Waals surface area contributed by atoms with Gasteiger partial charge < -0.3 is 24.8 Å². The highest BCUT2D eigenvalue weighted by molar-refractivity contribution is 5.79. The second kappa shape index (κ2) is 11.7. The quantitative estimate of drug-likeness (QED) is 0.463. The van der Waals surface area contributed by atoms with Crippen molar-refractivity contribution < 1.29 is 23.0 Å². The van der Waals surface area contributed by atoms with Crippen LogP contribution in [0.5, 0.6) is 11.5 Å². The molecule has 2 aromatic rings. The van der Waals surface area contributed by atoms with Gasteiger partial charge in [0.1, 0.15) is 11.5 Å². The van der Waals surface area contributed by atoms with E-state index < -0.39 is 6.61 Å². The molecule has 2 unspecified atom stereocenters. The zero-order chi connectivity index (χ0) is 22.9. The summed E-state index contributed by atoms with van der Waals surface area (Å²) in [4.78, 5) is 4.26. The second-order valence-electron chi connectivity index (χ2n) is 7.76.